The maximum Gasteiger partial charge on any atom is 0.133 e. The van der Waals surface area contributed by atoms with Crippen LogP contribution >= 0.6 is 22.7 Å². The van der Waals surface area contributed by atoms with E-state index in [1.54, 1.807) is 35.8 Å². The number of aliphatic hydroxyl groups is 1. The molecule has 0 saturated carbocycles. The van der Waals surface area contributed by atoms with E-state index < -0.39 is 6.10 Å². The molecule has 2 nitrogen and oxygen atoms in total. The van der Waals surface area contributed by atoms with Gasteiger partial charge in [-0.05, 0) is 26.0 Å². The average molecular weight is 225 g/mol. The lowest BCUT2D eigenvalue weighted by atomic mass is 10.4. The maximum atomic E-state index is 9.36. The normalized spacial score (nSPS) is 13.1. The molecule has 1 atom stereocenters. The van der Waals surface area contributed by atoms with Crippen LogP contribution in [0.2, 0.25) is 0 Å². The lowest BCUT2D eigenvalue weighted by Crippen LogP contribution is -1.83. The molecule has 0 spiro atoms. The molecule has 2 rings (SSSR count). The van der Waals surface area contributed by atoms with Crippen molar-refractivity contribution in [1.29, 1.82) is 0 Å². The molecule has 0 bridgehead atoms. The van der Waals surface area contributed by atoms with Gasteiger partial charge in [0, 0.05) is 11.1 Å². The molecule has 4 heteroatoms. The van der Waals surface area contributed by atoms with Crippen LogP contribution < -0.4 is 0 Å². The number of thiazole rings is 1. The molecule has 14 heavy (non-hydrogen) atoms. The van der Waals surface area contributed by atoms with E-state index in [0.717, 1.165) is 9.88 Å². The zero-order valence-corrected chi connectivity index (χ0v) is 9.65. The van der Waals surface area contributed by atoms with Gasteiger partial charge in [-0.3, -0.25) is 0 Å². The Hall–Kier alpha value is -0.710. The van der Waals surface area contributed by atoms with E-state index in [9.17, 15) is 5.11 Å². The van der Waals surface area contributed by atoms with Crippen molar-refractivity contribution in [3.05, 3.63) is 28.1 Å². The van der Waals surface area contributed by atoms with Crippen molar-refractivity contribution in [3.63, 3.8) is 0 Å². The quantitative estimate of drug-likeness (QED) is 0.851. The number of aromatic nitrogens is 1. The molecular formula is C10H11NOS2. The molecule has 1 N–H and O–H groups in total. The van der Waals surface area contributed by atoms with Gasteiger partial charge in [-0.2, -0.15) is 0 Å². The molecule has 2 aromatic rings. The molecule has 1 unspecified atom stereocenters. The van der Waals surface area contributed by atoms with Gasteiger partial charge in [-0.25, -0.2) is 4.98 Å². The lowest BCUT2D eigenvalue weighted by molar-refractivity contribution is 0.203. The lowest BCUT2D eigenvalue weighted by Gasteiger charge is -1.95. The summed E-state index contributed by atoms with van der Waals surface area (Å²) < 4.78 is 0. The van der Waals surface area contributed by atoms with Crippen molar-refractivity contribution in [1.82, 2.24) is 4.98 Å². The third-order valence-corrected chi connectivity index (χ3v) is 4.22. The minimum absolute atomic E-state index is 0.415. The highest BCUT2D eigenvalue weighted by Crippen LogP contribution is 2.32. The van der Waals surface area contributed by atoms with Gasteiger partial charge in [-0.1, -0.05) is 0 Å². The van der Waals surface area contributed by atoms with Crippen molar-refractivity contribution in [3.8, 4) is 9.88 Å². The molecule has 0 amide bonds. The number of thiophene rings is 1. The Labute approximate surface area is 90.9 Å². The second kappa shape index (κ2) is 3.81. The summed E-state index contributed by atoms with van der Waals surface area (Å²) in [5.41, 5.74) is 0. The van der Waals surface area contributed by atoms with E-state index in [-0.39, 0.29) is 0 Å². The number of hydrogen-bond donors (Lipinski definition) is 1. The highest BCUT2D eigenvalue weighted by Gasteiger charge is 2.09. The van der Waals surface area contributed by atoms with Crippen molar-refractivity contribution >= 4 is 22.7 Å². The molecule has 0 aliphatic rings. The van der Waals surface area contributed by atoms with Gasteiger partial charge in [0.25, 0.3) is 0 Å². The molecule has 2 heterocycles. The second-order valence-electron chi connectivity index (χ2n) is 3.15. The van der Waals surface area contributed by atoms with Gasteiger partial charge in [0.2, 0.25) is 0 Å². The van der Waals surface area contributed by atoms with Crippen LogP contribution in [-0.4, -0.2) is 10.1 Å². The van der Waals surface area contributed by atoms with Gasteiger partial charge < -0.3 is 5.11 Å². The first-order valence-electron chi connectivity index (χ1n) is 4.37. The minimum atomic E-state index is -0.415. The van der Waals surface area contributed by atoms with Crippen LogP contribution in [0.4, 0.5) is 0 Å². The first kappa shape index (κ1) is 9.83. The summed E-state index contributed by atoms with van der Waals surface area (Å²) in [7, 11) is 0. The van der Waals surface area contributed by atoms with Crippen LogP contribution in [0.25, 0.3) is 9.88 Å². The molecule has 0 aliphatic carbocycles. The highest BCUT2D eigenvalue weighted by atomic mass is 32.1. The Kier molecular flexibility index (Phi) is 2.67. The summed E-state index contributed by atoms with van der Waals surface area (Å²) >= 11 is 3.29. The molecule has 74 valence electrons. The SMILES string of the molecule is Cc1ccc(-c2ncc(C(C)O)s2)s1. The number of nitrogens with zero attached hydrogens (tertiary/aromatic N) is 1. The van der Waals surface area contributed by atoms with Gasteiger partial charge in [0.15, 0.2) is 0 Å². The second-order valence-corrected chi connectivity index (χ2v) is 5.50. The first-order valence-corrected chi connectivity index (χ1v) is 6.00. The summed E-state index contributed by atoms with van der Waals surface area (Å²) in [5, 5.41) is 10.4. The molecule has 2 aromatic heterocycles. The van der Waals surface area contributed by atoms with Crippen LogP contribution in [0.15, 0.2) is 18.3 Å². The summed E-state index contributed by atoms with van der Waals surface area (Å²) in [6.07, 6.45) is 1.34. The van der Waals surface area contributed by atoms with E-state index in [4.69, 9.17) is 0 Å². The van der Waals surface area contributed by atoms with Crippen LogP contribution in [0.1, 0.15) is 22.8 Å². The van der Waals surface area contributed by atoms with Crippen LogP contribution in [0.3, 0.4) is 0 Å². The average Bonchev–Trinajstić information content (AvgIpc) is 2.70. The maximum absolute atomic E-state index is 9.36. The number of rotatable bonds is 2. The van der Waals surface area contributed by atoms with Gasteiger partial charge in [-0.15, -0.1) is 22.7 Å². The Bertz CT molecular complexity index is 431. The van der Waals surface area contributed by atoms with Gasteiger partial charge in [0.1, 0.15) is 5.01 Å². The first-order chi connectivity index (χ1) is 6.66. The summed E-state index contributed by atoms with van der Waals surface area (Å²) in [6.45, 7) is 3.84. The van der Waals surface area contributed by atoms with E-state index in [1.165, 1.54) is 9.75 Å². The molecule has 0 saturated heterocycles. The number of aliphatic hydroxyl groups excluding tert-OH is 1. The van der Waals surface area contributed by atoms with Crippen molar-refractivity contribution in [2.24, 2.45) is 0 Å². The van der Waals surface area contributed by atoms with E-state index in [0.29, 0.717) is 0 Å². The Morgan fingerprint density at radius 1 is 1.36 bits per heavy atom. The molecule has 0 aromatic carbocycles. The fraction of sp³-hybridized carbons (Fsp3) is 0.300. The van der Waals surface area contributed by atoms with Crippen LogP contribution in [0.5, 0.6) is 0 Å². The Morgan fingerprint density at radius 3 is 2.64 bits per heavy atom. The largest absolute Gasteiger partial charge is 0.388 e. The number of hydrogen-bond acceptors (Lipinski definition) is 4. The third kappa shape index (κ3) is 1.87. The predicted octanol–water partition coefficient (Wildman–Crippen LogP) is 3.23. The van der Waals surface area contributed by atoms with E-state index >= 15 is 0 Å². The van der Waals surface area contributed by atoms with E-state index in [2.05, 4.69) is 24.0 Å². The standard InChI is InChI=1S/C10H11NOS2/c1-6-3-4-8(13-6)10-11-5-9(14-10)7(2)12/h3-5,7,12H,1-2H3. The Morgan fingerprint density at radius 2 is 2.14 bits per heavy atom. The zero-order chi connectivity index (χ0) is 10.1. The third-order valence-electron chi connectivity index (χ3n) is 1.89. The highest BCUT2D eigenvalue weighted by molar-refractivity contribution is 7.21. The topological polar surface area (TPSA) is 33.1 Å². The fourth-order valence-corrected chi connectivity index (χ4v) is 2.93. The van der Waals surface area contributed by atoms with Gasteiger partial charge >= 0.3 is 0 Å². The van der Waals surface area contributed by atoms with Crippen molar-refractivity contribution < 1.29 is 5.11 Å². The smallest absolute Gasteiger partial charge is 0.133 e. The van der Waals surface area contributed by atoms with Crippen molar-refractivity contribution in [2.75, 3.05) is 0 Å². The zero-order valence-electron chi connectivity index (χ0n) is 8.02. The molecule has 0 aliphatic heterocycles. The fourth-order valence-electron chi connectivity index (χ4n) is 1.14. The molecular weight excluding hydrogens is 214 g/mol. The van der Waals surface area contributed by atoms with E-state index in [1.807, 2.05) is 0 Å². The number of aryl methyl sites for hydroxylation is 1. The molecule has 0 radical (unpaired) electrons. The predicted molar refractivity (Wildman–Crippen MR) is 60.8 cm³/mol. The molecule has 0 fully saturated rings. The van der Waals surface area contributed by atoms with Crippen LogP contribution in [0, 0.1) is 6.92 Å². The monoisotopic (exact) mass is 225 g/mol. The summed E-state index contributed by atoms with van der Waals surface area (Å²) in [5.74, 6) is 0. The Balaban J connectivity index is 2.33. The summed E-state index contributed by atoms with van der Waals surface area (Å²) in [6, 6.07) is 4.16. The van der Waals surface area contributed by atoms with Crippen LogP contribution in [-0.2, 0) is 0 Å². The van der Waals surface area contributed by atoms with Crippen molar-refractivity contribution in [2.45, 2.75) is 20.0 Å². The van der Waals surface area contributed by atoms with Gasteiger partial charge in [0.05, 0.1) is 15.9 Å². The minimum Gasteiger partial charge on any atom is -0.388 e. The summed E-state index contributed by atoms with van der Waals surface area (Å²) in [4.78, 5) is 7.68.